The van der Waals surface area contributed by atoms with E-state index in [1.165, 1.54) is 7.11 Å². The molecule has 0 atom stereocenters. The molecule has 0 unspecified atom stereocenters. The average Bonchev–Trinajstić information content (AvgIpc) is 3.16. The van der Waals surface area contributed by atoms with Gasteiger partial charge in [-0.05, 0) is 13.0 Å². The summed E-state index contributed by atoms with van der Waals surface area (Å²) in [5.41, 5.74) is 3.33. The van der Waals surface area contributed by atoms with Crippen LogP contribution in [0.2, 0.25) is 0 Å². The largest absolute Gasteiger partial charge is 0.468 e. The van der Waals surface area contributed by atoms with Gasteiger partial charge in [0, 0.05) is 30.6 Å². The number of fused-ring (bicyclic) bond motifs is 1. The predicted octanol–water partition coefficient (Wildman–Crippen LogP) is 0.341. The molecule has 0 bridgehead atoms. The molecule has 0 saturated heterocycles. The van der Waals surface area contributed by atoms with Gasteiger partial charge in [-0.1, -0.05) is 0 Å². The molecule has 0 aliphatic rings. The van der Waals surface area contributed by atoms with E-state index in [-0.39, 0.29) is 12.2 Å². The number of amides is 1. The van der Waals surface area contributed by atoms with Crippen LogP contribution in [0.4, 0.5) is 0 Å². The summed E-state index contributed by atoms with van der Waals surface area (Å²) in [4.78, 5) is 27.4. The molecular formula is C15H16N6O3. The third-order valence-corrected chi connectivity index (χ3v) is 3.72. The van der Waals surface area contributed by atoms with E-state index in [0.717, 1.165) is 17.0 Å². The first-order valence-electron chi connectivity index (χ1n) is 7.20. The summed E-state index contributed by atoms with van der Waals surface area (Å²) < 4.78 is 7.83. The average molecular weight is 328 g/mol. The van der Waals surface area contributed by atoms with E-state index in [1.807, 2.05) is 14.0 Å². The summed E-state index contributed by atoms with van der Waals surface area (Å²) in [5.74, 6) is -1.00. The fourth-order valence-electron chi connectivity index (χ4n) is 2.28. The van der Waals surface area contributed by atoms with Crippen molar-refractivity contribution in [3.8, 4) is 11.3 Å². The Balaban J connectivity index is 1.97. The number of aryl methyl sites for hydroxylation is 1. The van der Waals surface area contributed by atoms with Crippen LogP contribution in [0.5, 0.6) is 0 Å². The minimum absolute atomic E-state index is 0.167. The van der Waals surface area contributed by atoms with Gasteiger partial charge in [0.2, 0.25) is 0 Å². The second kappa shape index (κ2) is 6.11. The number of aromatic nitrogens is 5. The number of rotatable bonds is 4. The molecule has 0 radical (unpaired) electrons. The second-order valence-electron chi connectivity index (χ2n) is 5.16. The Hall–Kier alpha value is -3.23. The summed E-state index contributed by atoms with van der Waals surface area (Å²) in [7, 11) is 3.11. The van der Waals surface area contributed by atoms with Gasteiger partial charge < -0.3 is 10.1 Å². The maximum Gasteiger partial charge on any atom is 0.325 e. The van der Waals surface area contributed by atoms with Crippen molar-refractivity contribution in [3.63, 3.8) is 0 Å². The highest BCUT2D eigenvalue weighted by Gasteiger charge is 2.16. The van der Waals surface area contributed by atoms with Crippen LogP contribution in [0, 0.1) is 6.92 Å². The van der Waals surface area contributed by atoms with Crippen molar-refractivity contribution in [1.82, 2.24) is 29.7 Å². The number of methoxy groups -OCH3 is 1. The molecule has 0 aliphatic heterocycles. The SMILES string of the molecule is COC(=O)CNC(=O)c1cc2nccc(-c3cnn(C)c3C)n2n1. The van der Waals surface area contributed by atoms with Crippen LogP contribution < -0.4 is 5.32 Å². The van der Waals surface area contributed by atoms with Gasteiger partial charge in [0.1, 0.15) is 6.54 Å². The third kappa shape index (κ3) is 2.71. The lowest BCUT2D eigenvalue weighted by atomic mass is 10.2. The van der Waals surface area contributed by atoms with Gasteiger partial charge in [-0.15, -0.1) is 0 Å². The van der Waals surface area contributed by atoms with Gasteiger partial charge in [0.05, 0.1) is 19.0 Å². The fourth-order valence-corrected chi connectivity index (χ4v) is 2.28. The Morgan fingerprint density at radius 1 is 1.38 bits per heavy atom. The van der Waals surface area contributed by atoms with E-state index in [1.54, 1.807) is 33.7 Å². The molecule has 3 aromatic heterocycles. The summed E-state index contributed by atoms with van der Waals surface area (Å²) >= 11 is 0. The van der Waals surface area contributed by atoms with E-state index < -0.39 is 11.9 Å². The molecule has 0 saturated carbocycles. The molecule has 1 amide bonds. The van der Waals surface area contributed by atoms with Gasteiger partial charge in [-0.3, -0.25) is 14.3 Å². The summed E-state index contributed by atoms with van der Waals surface area (Å²) in [6, 6.07) is 3.36. The Morgan fingerprint density at radius 2 is 2.17 bits per heavy atom. The van der Waals surface area contributed by atoms with Crippen molar-refractivity contribution in [2.45, 2.75) is 6.92 Å². The van der Waals surface area contributed by atoms with Gasteiger partial charge in [-0.2, -0.15) is 10.2 Å². The maximum atomic E-state index is 12.1. The molecular weight excluding hydrogens is 312 g/mol. The third-order valence-electron chi connectivity index (χ3n) is 3.72. The molecule has 0 aromatic carbocycles. The van der Waals surface area contributed by atoms with E-state index in [0.29, 0.717) is 5.65 Å². The first-order chi connectivity index (χ1) is 11.5. The minimum atomic E-state index is -0.531. The molecule has 124 valence electrons. The highest BCUT2D eigenvalue weighted by Crippen LogP contribution is 2.22. The van der Waals surface area contributed by atoms with Crippen molar-refractivity contribution in [2.24, 2.45) is 7.05 Å². The summed E-state index contributed by atoms with van der Waals surface area (Å²) in [6.45, 7) is 1.73. The van der Waals surface area contributed by atoms with Gasteiger partial charge in [0.25, 0.3) is 5.91 Å². The molecule has 9 heteroatoms. The Kier molecular flexibility index (Phi) is 3.98. The quantitative estimate of drug-likeness (QED) is 0.693. The zero-order valence-electron chi connectivity index (χ0n) is 13.5. The lowest BCUT2D eigenvalue weighted by molar-refractivity contribution is -0.139. The van der Waals surface area contributed by atoms with Crippen LogP contribution in [-0.4, -0.2) is 49.9 Å². The first-order valence-corrected chi connectivity index (χ1v) is 7.20. The number of hydrogen-bond donors (Lipinski definition) is 1. The Bertz CT molecular complexity index is 927. The highest BCUT2D eigenvalue weighted by atomic mass is 16.5. The number of nitrogens with zero attached hydrogens (tertiary/aromatic N) is 5. The number of esters is 1. The zero-order valence-corrected chi connectivity index (χ0v) is 13.5. The number of hydrogen-bond acceptors (Lipinski definition) is 6. The number of ether oxygens (including phenoxy) is 1. The number of carbonyl (C=O) groups excluding carboxylic acids is 2. The summed E-state index contributed by atoms with van der Waals surface area (Å²) in [6.07, 6.45) is 3.39. The first kappa shape index (κ1) is 15.7. The van der Waals surface area contributed by atoms with Crippen LogP contribution in [0.1, 0.15) is 16.2 Å². The molecule has 3 heterocycles. The normalized spacial score (nSPS) is 10.8. The zero-order chi connectivity index (χ0) is 17.3. The van der Waals surface area contributed by atoms with Crippen LogP contribution in [-0.2, 0) is 16.6 Å². The van der Waals surface area contributed by atoms with Gasteiger partial charge in [0.15, 0.2) is 11.3 Å². The minimum Gasteiger partial charge on any atom is -0.468 e. The number of nitrogens with one attached hydrogen (secondary N) is 1. The smallest absolute Gasteiger partial charge is 0.325 e. The van der Waals surface area contributed by atoms with Crippen molar-refractivity contribution in [3.05, 3.63) is 35.9 Å². The van der Waals surface area contributed by atoms with E-state index in [9.17, 15) is 9.59 Å². The lowest BCUT2D eigenvalue weighted by Crippen LogP contribution is -2.30. The van der Waals surface area contributed by atoms with Crippen molar-refractivity contribution >= 4 is 17.5 Å². The van der Waals surface area contributed by atoms with Crippen molar-refractivity contribution in [2.75, 3.05) is 13.7 Å². The summed E-state index contributed by atoms with van der Waals surface area (Å²) in [5, 5.41) is 11.0. The fraction of sp³-hybridized carbons (Fsp3) is 0.267. The molecule has 3 aromatic rings. The van der Waals surface area contributed by atoms with E-state index >= 15 is 0 Å². The molecule has 0 aliphatic carbocycles. The Morgan fingerprint density at radius 3 is 2.83 bits per heavy atom. The topological polar surface area (TPSA) is 103 Å². The molecule has 0 fully saturated rings. The Labute approximate surface area is 137 Å². The van der Waals surface area contributed by atoms with Crippen LogP contribution in [0.15, 0.2) is 24.5 Å². The maximum absolute atomic E-state index is 12.1. The van der Waals surface area contributed by atoms with E-state index in [2.05, 4.69) is 25.2 Å². The van der Waals surface area contributed by atoms with Crippen LogP contribution in [0.3, 0.4) is 0 Å². The molecule has 24 heavy (non-hydrogen) atoms. The van der Waals surface area contributed by atoms with E-state index in [4.69, 9.17) is 0 Å². The molecule has 0 spiro atoms. The standard InChI is InChI=1S/C15H16N6O3/c1-9-10(7-18-20(9)2)12-4-5-16-13-6-11(19-21(12)13)15(23)17-8-14(22)24-3/h4-7H,8H2,1-3H3,(H,17,23). The van der Waals surface area contributed by atoms with Gasteiger partial charge >= 0.3 is 5.97 Å². The molecule has 9 nitrogen and oxygen atoms in total. The monoisotopic (exact) mass is 328 g/mol. The van der Waals surface area contributed by atoms with Crippen molar-refractivity contribution in [1.29, 1.82) is 0 Å². The van der Waals surface area contributed by atoms with Crippen LogP contribution >= 0.6 is 0 Å². The highest BCUT2D eigenvalue weighted by molar-refractivity contribution is 5.95. The molecule has 3 rings (SSSR count). The lowest BCUT2D eigenvalue weighted by Gasteiger charge is -2.03. The molecule has 1 N–H and O–H groups in total. The second-order valence-corrected chi connectivity index (χ2v) is 5.16. The number of carbonyl (C=O) groups is 2. The van der Waals surface area contributed by atoms with Gasteiger partial charge in [-0.25, -0.2) is 9.50 Å². The van der Waals surface area contributed by atoms with Crippen molar-refractivity contribution < 1.29 is 14.3 Å². The predicted molar refractivity (Wildman–Crippen MR) is 84.3 cm³/mol. The van der Waals surface area contributed by atoms with Crippen LogP contribution in [0.25, 0.3) is 16.9 Å².